The second-order valence-electron chi connectivity index (χ2n) is 2.16. The zero-order chi connectivity index (χ0) is 9.35. The molecule has 0 spiro atoms. The molecule has 0 aliphatic heterocycles. The maximum absolute atomic E-state index is 10.8. The first-order chi connectivity index (χ1) is 5.41. The highest BCUT2D eigenvalue weighted by Gasteiger charge is 2.12. The summed E-state index contributed by atoms with van der Waals surface area (Å²) in [5.74, 6) is -0.191. The largest absolute Gasteiger partial charge is 0.508 e. The molecule has 1 rings (SSSR count). The fourth-order valence-corrected chi connectivity index (χ4v) is 1.78. The van der Waals surface area contributed by atoms with Crippen molar-refractivity contribution in [3.63, 3.8) is 0 Å². The van der Waals surface area contributed by atoms with E-state index in [2.05, 4.69) is 0 Å². The van der Waals surface area contributed by atoms with Crippen molar-refractivity contribution in [2.45, 2.75) is 4.90 Å². The van der Waals surface area contributed by atoms with Gasteiger partial charge in [-0.15, -0.1) is 0 Å². The summed E-state index contributed by atoms with van der Waals surface area (Å²) >= 11 is 5.51. The van der Waals surface area contributed by atoms with Crippen molar-refractivity contribution in [3.05, 3.63) is 23.2 Å². The average molecular weight is 208 g/mol. The van der Waals surface area contributed by atoms with E-state index in [-0.39, 0.29) is 15.7 Å². The highest BCUT2D eigenvalue weighted by atomic mass is 35.5. The second-order valence-corrected chi connectivity index (χ2v) is 4.10. The van der Waals surface area contributed by atoms with Crippen molar-refractivity contribution < 1.29 is 13.5 Å². The summed E-state index contributed by atoms with van der Waals surface area (Å²) < 4.78 is 21.6. The van der Waals surface area contributed by atoms with Gasteiger partial charge in [-0.1, -0.05) is 11.6 Å². The minimum atomic E-state index is -3.85. The molecule has 0 bridgehead atoms. The predicted octanol–water partition coefficient (Wildman–Crippen LogP) is 0.693. The number of rotatable bonds is 1. The summed E-state index contributed by atoms with van der Waals surface area (Å²) in [5, 5.41) is 13.7. The fraction of sp³-hybridized carbons (Fsp3) is 0. The van der Waals surface area contributed by atoms with Crippen LogP contribution in [0.4, 0.5) is 0 Å². The van der Waals surface area contributed by atoms with Gasteiger partial charge in [0.05, 0.1) is 5.02 Å². The highest BCUT2D eigenvalue weighted by molar-refractivity contribution is 7.89. The first kappa shape index (κ1) is 9.31. The number of aromatic hydroxyl groups is 1. The topological polar surface area (TPSA) is 80.4 Å². The van der Waals surface area contributed by atoms with Crippen LogP contribution in [0.5, 0.6) is 5.75 Å². The van der Waals surface area contributed by atoms with Crippen LogP contribution < -0.4 is 5.14 Å². The maximum Gasteiger partial charge on any atom is 0.239 e. The molecule has 3 N–H and O–H groups in total. The predicted molar refractivity (Wildman–Crippen MR) is 44.5 cm³/mol. The molecule has 0 saturated heterocycles. The zero-order valence-corrected chi connectivity index (χ0v) is 7.43. The van der Waals surface area contributed by atoms with Crippen molar-refractivity contribution >= 4 is 21.6 Å². The van der Waals surface area contributed by atoms with E-state index in [4.69, 9.17) is 21.8 Å². The van der Waals surface area contributed by atoms with Gasteiger partial charge in [-0.2, -0.15) is 0 Å². The summed E-state index contributed by atoms with van der Waals surface area (Å²) in [6.45, 7) is 0. The Balaban J connectivity index is 3.43. The average Bonchev–Trinajstić information content (AvgIpc) is 1.92. The van der Waals surface area contributed by atoms with Gasteiger partial charge in [0.2, 0.25) is 10.0 Å². The van der Waals surface area contributed by atoms with Crippen LogP contribution in [0.2, 0.25) is 5.02 Å². The minimum Gasteiger partial charge on any atom is -0.508 e. The molecule has 0 unspecified atom stereocenters. The van der Waals surface area contributed by atoms with Crippen LogP contribution in [0.3, 0.4) is 0 Å². The third-order valence-corrected chi connectivity index (χ3v) is 2.61. The van der Waals surface area contributed by atoms with E-state index in [1.54, 1.807) is 0 Å². The van der Waals surface area contributed by atoms with E-state index < -0.39 is 10.0 Å². The first-order valence-corrected chi connectivity index (χ1v) is 4.85. The molecular formula is C6H6ClNO3S. The number of phenols is 1. The number of phenolic OH excluding ortho intramolecular Hbond substituents is 1. The van der Waals surface area contributed by atoms with Crippen LogP contribution >= 0.6 is 11.6 Å². The van der Waals surface area contributed by atoms with Gasteiger partial charge >= 0.3 is 0 Å². The number of benzene rings is 1. The molecule has 0 atom stereocenters. The number of halogens is 1. The Kier molecular flexibility index (Phi) is 2.27. The molecule has 6 heteroatoms. The lowest BCUT2D eigenvalue weighted by atomic mass is 10.3. The molecule has 0 heterocycles. The Morgan fingerprint density at radius 3 is 2.42 bits per heavy atom. The number of hydrogen-bond donors (Lipinski definition) is 2. The van der Waals surface area contributed by atoms with Crippen LogP contribution in [0.1, 0.15) is 0 Å². The molecule has 0 saturated carbocycles. The molecule has 0 aliphatic rings. The van der Waals surface area contributed by atoms with Gasteiger partial charge in [0, 0.05) is 6.07 Å². The third-order valence-electron chi connectivity index (χ3n) is 1.22. The molecule has 0 aromatic heterocycles. The van der Waals surface area contributed by atoms with E-state index in [0.29, 0.717) is 0 Å². The van der Waals surface area contributed by atoms with Crippen molar-refractivity contribution in [3.8, 4) is 5.75 Å². The van der Waals surface area contributed by atoms with Crippen molar-refractivity contribution in [1.82, 2.24) is 0 Å². The van der Waals surface area contributed by atoms with E-state index in [0.717, 1.165) is 6.07 Å². The van der Waals surface area contributed by atoms with Crippen LogP contribution in [0, 0.1) is 0 Å². The second kappa shape index (κ2) is 2.93. The highest BCUT2D eigenvalue weighted by Crippen LogP contribution is 2.23. The molecule has 0 amide bonds. The molecule has 1 aromatic rings. The zero-order valence-electron chi connectivity index (χ0n) is 5.86. The van der Waals surface area contributed by atoms with Gasteiger partial charge in [-0.25, -0.2) is 13.6 Å². The maximum atomic E-state index is 10.8. The van der Waals surface area contributed by atoms with Crippen molar-refractivity contribution in [2.24, 2.45) is 5.14 Å². The van der Waals surface area contributed by atoms with Gasteiger partial charge < -0.3 is 5.11 Å². The van der Waals surface area contributed by atoms with E-state index in [1.807, 2.05) is 0 Å². The van der Waals surface area contributed by atoms with Crippen LogP contribution in [0.15, 0.2) is 23.1 Å². The van der Waals surface area contributed by atoms with E-state index >= 15 is 0 Å². The lowest BCUT2D eigenvalue weighted by Crippen LogP contribution is -2.12. The molecule has 12 heavy (non-hydrogen) atoms. The molecule has 0 fully saturated rings. The quantitative estimate of drug-likeness (QED) is 0.711. The van der Waals surface area contributed by atoms with Gasteiger partial charge in [-0.3, -0.25) is 0 Å². The smallest absolute Gasteiger partial charge is 0.239 e. The number of nitrogens with two attached hydrogens (primary N) is 1. The summed E-state index contributed by atoms with van der Waals surface area (Å²) in [7, 11) is -3.85. The minimum absolute atomic E-state index is 0.00435. The van der Waals surface area contributed by atoms with Crippen molar-refractivity contribution in [2.75, 3.05) is 0 Å². The Morgan fingerprint density at radius 2 is 2.00 bits per heavy atom. The summed E-state index contributed by atoms with van der Waals surface area (Å²) in [5.41, 5.74) is 0. The Bertz CT molecular complexity index is 401. The number of sulfonamides is 1. The van der Waals surface area contributed by atoms with Crippen LogP contribution in [-0.4, -0.2) is 13.5 Å². The summed E-state index contributed by atoms with van der Waals surface area (Å²) in [6.07, 6.45) is 0. The summed E-state index contributed by atoms with van der Waals surface area (Å²) in [4.78, 5) is -0.274. The Hall–Kier alpha value is -0.780. The van der Waals surface area contributed by atoms with Gasteiger partial charge in [0.15, 0.2) is 0 Å². The Morgan fingerprint density at radius 1 is 1.42 bits per heavy atom. The van der Waals surface area contributed by atoms with Gasteiger partial charge in [-0.05, 0) is 12.1 Å². The van der Waals surface area contributed by atoms with E-state index in [9.17, 15) is 8.42 Å². The molecule has 1 aromatic carbocycles. The molecule has 66 valence electrons. The van der Waals surface area contributed by atoms with Crippen LogP contribution in [0.25, 0.3) is 0 Å². The van der Waals surface area contributed by atoms with E-state index in [1.165, 1.54) is 12.1 Å². The lowest BCUT2D eigenvalue weighted by Gasteiger charge is -2.00. The van der Waals surface area contributed by atoms with Crippen molar-refractivity contribution in [1.29, 1.82) is 0 Å². The normalized spacial score (nSPS) is 11.5. The SMILES string of the molecule is NS(=O)(=O)c1cc(O)ccc1Cl. The molecule has 0 aliphatic carbocycles. The lowest BCUT2D eigenvalue weighted by molar-refractivity contribution is 0.473. The Labute approximate surface area is 74.6 Å². The molecule has 0 radical (unpaired) electrons. The first-order valence-electron chi connectivity index (χ1n) is 2.92. The number of hydrogen-bond acceptors (Lipinski definition) is 3. The van der Waals surface area contributed by atoms with Crippen LogP contribution in [-0.2, 0) is 10.0 Å². The molecular weight excluding hydrogens is 202 g/mol. The standard InChI is InChI=1S/C6H6ClNO3S/c7-5-2-1-4(9)3-6(5)12(8,10)11/h1-3,9H,(H2,8,10,11). The van der Waals surface area contributed by atoms with Gasteiger partial charge in [0.1, 0.15) is 10.6 Å². The summed E-state index contributed by atoms with van der Waals surface area (Å²) in [6, 6.07) is 3.53. The van der Waals surface area contributed by atoms with Gasteiger partial charge in [0.25, 0.3) is 0 Å². The fourth-order valence-electron chi connectivity index (χ4n) is 0.710. The monoisotopic (exact) mass is 207 g/mol. The molecule has 4 nitrogen and oxygen atoms in total. The number of primary sulfonamides is 1. The third kappa shape index (κ3) is 1.88.